The Morgan fingerprint density at radius 3 is 2.62 bits per heavy atom. The van der Waals surface area contributed by atoms with Gasteiger partial charge in [-0.15, -0.1) is 0 Å². The number of likely N-dealkylation sites (N-methyl/N-ethyl adjacent to an activating group) is 1. The van der Waals surface area contributed by atoms with E-state index in [0.29, 0.717) is 12.1 Å². The Morgan fingerprint density at radius 2 is 2.12 bits per heavy atom. The smallest absolute Gasteiger partial charge is 0.253 e. The largest absolute Gasteiger partial charge is 0.338 e. The molecule has 0 heterocycles. The maximum Gasteiger partial charge on any atom is 0.253 e. The van der Waals surface area contributed by atoms with Gasteiger partial charge in [0.2, 0.25) is 0 Å². The fraction of sp³-hybridized carbons (Fsp3) is 0.308. The van der Waals surface area contributed by atoms with Crippen LogP contribution in [-0.4, -0.2) is 24.4 Å². The Labute approximate surface area is 105 Å². The van der Waals surface area contributed by atoms with Crippen LogP contribution in [0.25, 0.3) is 0 Å². The van der Waals surface area contributed by atoms with Gasteiger partial charge in [-0.1, -0.05) is 28.1 Å². The van der Waals surface area contributed by atoms with E-state index in [9.17, 15) is 4.79 Å². The summed E-state index contributed by atoms with van der Waals surface area (Å²) in [7, 11) is 1.79. The number of amides is 1. The molecule has 0 unspecified atom stereocenters. The molecule has 1 aromatic carbocycles. The number of benzene rings is 1. The highest BCUT2D eigenvalue weighted by Crippen LogP contribution is 2.18. The normalized spacial score (nSPS) is 10.0. The molecular formula is C13H16BrNO. The molecule has 0 radical (unpaired) electrons. The van der Waals surface area contributed by atoms with Crippen molar-refractivity contribution >= 4 is 21.8 Å². The van der Waals surface area contributed by atoms with Crippen molar-refractivity contribution in [2.45, 2.75) is 13.8 Å². The second-order valence-electron chi connectivity index (χ2n) is 4.08. The molecule has 1 amide bonds. The summed E-state index contributed by atoms with van der Waals surface area (Å²) in [6.45, 7) is 8.28. The minimum atomic E-state index is 0.0265. The van der Waals surface area contributed by atoms with Crippen molar-refractivity contribution in [3.05, 3.63) is 46.0 Å². The van der Waals surface area contributed by atoms with Crippen LogP contribution in [0.1, 0.15) is 22.8 Å². The first kappa shape index (κ1) is 13.0. The molecule has 3 heteroatoms. The average Bonchev–Trinajstić information content (AvgIpc) is 2.20. The van der Waals surface area contributed by atoms with E-state index in [0.717, 1.165) is 15.6 Å². The van der Waals surface area contributed by atoms with E-state index in [2.05, 4.69) is 22.5 Å². The number of carbonyl (C=O) groups excluding carboxylic acids is 1. The zero-order valence-corrected chi connectivity index (χ0v) is 11.5. The minimum absolute atomic E-state index is 0.0265. The molecular weight excluding hydrogens is 266 g/mol. The van der Waals surface area contributed by atoms with Crippen LogP contribution in [0.5, 0.6) is 0 Å². The van der Waals surface area contributed by atoms with E-state index < -0.39 is 0 Å². The van der Waals surface area contributed by atoms with Crippen LogP contribution in [-0.2, 0) is 0 Å². The van der Waals surface area contributed by atoms with Crippen molar-refractivity contribution in [1.82, 2.24) is 4.90 Å². The van der Waals surface area contributed by atoms with E-state index in [4.69, 9.17) is 0 Å². The van der Waals surface area contributed by atoms with Gasteiger partial charge in [-0.05, 0) is 37.6 Å². The van der Waals surface area contributed by atoms with Crippen molar-refractivity contribution in [2.75, 3.05) is 13.6 Å². The summed E-state index contributed by atoms with van der Waals surface area (Å²) in [5, 5.41) is 0. The first-order valence-corrected chi connectivity index (χ1v) is 5.87. The van der Waals surface area contributed by atoms with E-state index in [1.807, 2.05) is 32.0 Å². The topological polar surface area (TPSA) is 20.3 Å². The molecule has 0 atom stereocenters. The number of rotatable bonds is 3. The summed E-state index contributed by atoms with van der Waals surface area (Å²) in [6, 6.07) is 5.62. The Kier molecular flexibility index (Phi) is 4.30. The van der Waals surface area contributed by atoms with Crippen molar-refractivity contribution in [2.24, 2.45) is 0 Å². The number of halogens is 1. The molecule has 0 spiro atoms. The Balaban J connectivity index is 2.88. The average molecular weight is 282 g/mol. The lowest BCUT2D eigenvalue weighted by Gasteiger charge is -2.17. The fourth-order valence-corrected chi connectivity index (χ4v) is 1.72. The fourth-order valence-electron chi connectivity index (χ4n) is 1.47. The summed E-state index contributed by atoms with van der Waals surface area (Å²) in [6.07, 6.45) is 0. The summed E-state index contributed by atoms with van der Waals surface area (Å²) < 4.78 is 1.02. The molecule has 0 fully saturated rings. The zero-order valence-electron chi connectivity index (χ0n) is 9.88. The molecule has 1 aromatic rings. The predicted molar refractivity (Wildman–Crippen MR) is 70.7 cm³/mol. The highest BCUT2D eigenvalue weighted by atomic mass is 79.9. The second kappa shape index (κ2) is 5.30. The van der Waals surface area contributed by atoms with E-state index in [1.165, 1.54) is 0 Å². The monoisotopic (exact) mass is 281 g/mol. The molecule has 2 nitrogen and oxygen atoms in total. The van der Waals surface area contributed by atoms with Gasteiger partial charge in [0.1, 0.15) is 0 Å². The van der Waals surface area contributed by atoms with Crippen LogP contribution >= 0.6 is 15.9 Å². The van der Waals surface area contributed by atoms with Gasteiger partial charge >= 0.3 is 0 Å². The molecule has 0 saturated heterocycles. The SMILES string of the molecule is C=C(C)CN(C)C(=O)c1ccc(Br)c(C)c1. The summed E-state index contributed by atoms with van der Waals surface area (Å²) in [4.78, 5) is 13.7. The van der Waals surface area contributed by atoms with Gasteiger partial charge in [-0.3, -0.25) is 4.79 Å². The first-order chi connectivity index (χ1) is 7.41. The molecule has 0 N–H and O–H groups in total. The molecule has 0 saturated carbocycles. The van der Waals surface area contributed by atoms with Gasteiger partial charge in [0.25, 0.3) is 5.91 Å². The van der Waals surface area contributed by atoms with Gasteiger partial charge in [-0.2, -0.15) is 0 Å². The van der Waals surface area contributed by atoms with Crippen molar-refractivity contribution in [1.29, 1.82) is 0 Å². The van der Waals surface area contributed by atoms with Gasteiger partial charge in [0.05, 0.1) is 0 Å². The third-order valence-corrected chi connectivity index (χ3v) is 3.15. The number of aryl methyl sites for hydroxylation is 1. The molecule has 1 rings (SSSR count). The quantitative estimate of drug-likeness (QED) is 0.778. The molecule has 0 aliphatic carbocycles. The Bertz CT molecular complexity index is 426. The van der Waals surface area contributed by atoms with Gasteiger partial charge in [0, 0.05) is 23.6 Å². The highest BCUT2D eigenvalue weighted by molar-refractivity contribution is 9.10. The Morgan fingerprint density at radius 1 is 1.50 bits per heavy atom. The van der Waals surface area contributed by atoms with Crippen molar-refractivity contribution in [3.63, 3.8) is 0 Å². The Hall–Kier alpha value is -1.09. The zero-order chi connectivity index (χ0) is 12.3. The van der Waals surface area contributed by atoms with E-state index in [-0.39, 0.29) is 5.91 Å². The first-order valence-electron chi connectivity index (χ1n) is 5.08. The van der Waals surface area contributed by atoms with Crippen LogP contribution in [0.3, 0.4) is 0 Å². The lowest BCUT2D eigenvalue weighted by atomic mass is 10.1. The van der Waals surface area contributed by atoms with Crippen LogP contribution < -0.4 is 0 Å². The molecule has 0 aromatic heterocycles. The second-order valence-corrected chi connectivity index (χ2v) is 4.94. The number of hydrogen-bond acceptors (Lipinski definition) is 1. The molecule has 0 aliphatic heterocycles. The summed E-state index contributed by atoms with van der Waals surface area (Å²) >= 11 is 3.42. The highest BCUT2D eigenvalue weighted by Gasteiger charge is 2.12. The van der Waals surface area contributed by atoms with Crippen LogP contribution in [0, 0.1) is 6.92 Å². The van der Waals surface area contributed by atoms with Crippen LogP contribution in [0.4, 0.5) is 0 Å². The third-order valence-electron chi connectivity index (χ3n) is 2.26. The minimum Gasteiger partial charge on any atom is -0.338 e. The lowest BCUT2D eigenvalue weighted by Crippen LogP contribution is -2.28. The van der Waals surface area contributed by atoms with Crippen molar-refractivity contribution in [3.8, 4) is 0 Å². The number of carbonyl (C=O) groups is 1. The molecule has 16 heavy (non-hydrogen) atoms. The molecule has 0 aliphatic rings. The lowest BCUT2D eigenvalue weighted by molar-refractivity contribution is 0.0807. The number of hydrogen-bond donors (Lipinski definition) is 0. The predicted octanol–water partition coefficient (Wildman–Crippen LogP) is 3.41. The molecule has 0 bridgehead atoms. The van der Waals surface area contributed by atoms with Crippen LogP contribution in [0.15, 0.2) is 34.8 Å². The maximum absolute atomic E-state index is 12.0. The van der Waals surface area contributed by atoms with Crippen LogP contribution in [0.2, 0.25) is 0 Å². The van der Waals surface area contributed by atoms with Crippen molar-refractivity contribution < 1.29 is 4.79 Å². The van der Waals surface area contributed by atoms with Gasteiger partial charge in [-0.25, -0.2) is 0 Å². The van der Waals surface area contributed by atoms with Gasteiger partial charge in [0.15, 0.2) is 0 Å². The summed E-state index contributed by atoms with van der Waals surface area (Å²) in [5.41, 5.74) is 2.75. The number of nitrogens with zero attached hydrogens (tertiary/aromatic N) is 1. The van der Waals surface area contributed by atoms with E-state index in [1.54, 1.807) is 11.9 Å². The van der Waals surface area contributed by atoms with Gasteiger partial charge < -0.3 is 4.90 Å². The summed E-state index contributed by atoms with van der Waals surface area (Å²) in [5.74, 6) is 0.0265. The third kappa shape index (κ3) is 3.20. The standard InChI is InChI=1S/C13H16BrNO/c1-9(2)8-15(4)13(16)11-5-6-12(14)10(3)7-11/h5-7H,1,8H2,2-4H3. The maximum atomic E-state index is 12.0. The van der Waals surface area contributed by atoms with E-state index >= 15 is 0 Å². The molecule has 86 valence electrons.